The summed E-state index contributed by atoms with van der Waals surface area (Å²) in [4.78, 5) is 28.0. The summed E-state index contributed by atoms with van der Waals surface area (Å²) < 4.78 is 19.3. The van der Waals surface area contributed by atoms with Gasteiger partial charge in [-0.25, -0.2) is 4.39 Å². The maximum Gasteiger partial charge on any atom is 0.278 e. The molecule has 1 aliphatic heterocycles. The maximum atomic E-state index is 14.1. The van der Waals surface area contributed by atoms with Gasteiger partial charge in [0.05, 0.1) is 19.2 Å². The lowest BCUT2D eigenvalue weighted by molar-refractivity contribution is -0.137. The van der Waals surface area contributed by atoms with Crippen molar-refractivity contribution in [1.29, 1.82) is 0 Å². The second-order valence-corrected chi connectivity index (χ2v) is 7.32. The summed E-state index contributed by atoms with van der Waals surface area (Å²) in [6, 6.07) is 16.8. The van der Waals surface area contributed by atoms with E-state index in [1.54, 1.807) is 55.6 Å². The highest BCUT2D eigenvalue weighted by molar-refractivity contribution is 7.11. The number of carbonyl (C=O) groups excluding carboxylic acids is 2. The highest BCUT2D eigenvalue weighted by Crippen LogP contribution is 2.34. The molecule has 0 fully saturated rings. The first-order valence-electron chi connectivity index (χ1n) is 8.87. The molecule has 2 amide bonds. The molecule has 3 aromatic rings. The predicted octanol–water partition coefficient (Wildman–Crippen LogP) is 4.29. The van der Waals surface area contributed by atoms with Crippen LogP contribution in [0.5, 0.6) is 5.75 Å². The quantitative estimate of drug-likeness (QED) is 0.619. The molecule has 0 bridgehead atoms. The fourth-order valence-electron chi connectivity index (χ4n) is 3.13. The number of anilines is 1. The number of amides is 2. The Labute approximate surface area is 171 Å². The number of halogens is 1. The largest absolute Gasteiger partial charge is 0.497 e. The summed E-state index contributed by atoms with van der Waals surface area (Å²) in [5.41, 5.74) is 1.34. The van der Waals surface area contributed by atoms with E-state index in [4.69, 9.17) is 4.74 Å². The Morgan fingerprint density at radius 3 is 2.59 bits per heavy atom. The first-order chi connectivity index (χ1) is 14.1. The number of carbonyl (C=O) groups is 2. The van der Waals surface area contributed by atoms with E-state index in [0.717, 1.165) is 4.90 Å². The van der Waals surface area contributed by atoms with Crippen molar-refractivity contribution < 1.29 is 18.7 Å². The molecule has 1 aliphatic rings. The molecule has 0 saturated heterocycles. The minimum Gasteiger partial charge on any atom is -0.497 e. The van der Waals surface area contributed by atoms with E-state index in [9.17, 15) is 14.0 Å². The van der Waals surface area contributed by atoms with Crippen molar-refractivity contribution in [3.05, 3.63) is 88.0 Å². The summed E-state index contributed by atoms with van der Waals surface area (Å²) in [7, 11) is 1.55. The van der Waals surface area contributed by atoms with E-state index in [1.165, 1.54) is 17.4 Å². The number of thiophene rings is 1. The topological polar surface area (TPSA) is 58.6 Å². The molecule has 0 saturated carbocycles. The average molecular weight is 408 g/mol. The van der Waals surface area contributed by atoms with Gasteiger partial charge >= 0.3 is 0 Å². The summed E-state index contributed by atoms with van der Waals surface area (Å²) in [5.74, 6) is -0.788. The molecule has 0 aliphatic carbocycles. The van der Waals surface area contributed by atoms with Crippen LogP contribution in [0.1, 0.15) is 10.4 Å². The van der Waals surface area contributed by atoms with Crippen molar-refractivity contribution >= 4 is 34.4 Å². The number of hydrogen-bond donors (Lipinski definition) is 1. The van der Waals surface area contributed by atoms with Gasteiger partial charge in [0.25, 0.3) is 11.8 Å². The molecule has 1 aromatic heterocycles. The molecule has 0 radical (unpaired) electrons. The first kappa shape index (κ1) is 18.9. The first-order valence-corrected chi connectivity index (χ1v) is 9.75. The number of imide groups is 1. The standard InChI is InChI=1S/C22H17FN2O3S/c1-28-16-8-4-7-15(12-16)24-20-19(18-10-5-11-29-18)21(26)25(22(20)27)13-14-6-2-3-9-17(14)23/h2-12,24H,13H2,1H3. The Hall–Kier alpha value is -3.45. The van der Waals surface area contributed by atoms with Gasteiger partial charge in [0.1, 0.15) is 17.3 Å². The smallest absolute Gasteiger partial charge is 0.278 e. The van der Waals surface area contributed by atoms with Gasteiger partial charge < -0.3 is 10.1 Å². The number of benzene rings is 2. The van der Waals surface area contributed by atoms with Gasteiger partial charge in [-0.05, 0) is 29.6 Å². The Morgan fingerprint density at radius 2 is 1.86 bits per heavy atom. The zero-order valence-electron chi connectivity index (χ0n) is 15.5. The van der Waals surface area contributed by atoms with E-state index in [2.05, 4.69) is 5.32 Å². The fraction of sp³-hybridized carbons (Fsp3) is 0.0909. The Bertz CT molecular complexity index is 1110. The van der Waals surface area contributed by atoms with Crippen molar-refractivity contribution in [1.82, 2.24) is 4.90 Å². The van der Waals surface area contributed by atoms with Crippen LogP contribution in [0, 0.1) is 5.82 Å². The molecule has 7 heteroatoms. The molecule has 2 aromatic carbocycles. The number of hydrogen-bond acceptors (Lipinski definition) is 5. The highest BCUT2D eigenvalue weighted by Gasteiger charge is 2.40. The molecule has 1 N–H and O–H groups in total. The summed E-state index contributed by atoms with van der Waals surface area (Å²) in [5, 5.41) is 4.90. The van der Waals surface area contributed by atoms with Gasteiger partial charge in [0, 0.05) is 22.2 Å². The lowest BCUT2D eigenvalue weighted by Crippen LogP contribution is -2.32. The van der Waals surface area contributed by atoms with E-state index in [1.807, 2.05) is 11.4 Å². The molecule has 0 spiro atoms. The van der Waals surface area contributed by atoms with E-state index < -0.39 is 17.6 Å². The Kier molecular flexibility index (Phi) is 5.14. The third kappa shape index (κ3) is 3.64. The fourth-order valence-corrected chi connectivity index (χ4v) is 3.90. The van der Waals surface area contributed by atoms with Crippen molar-refractivity contribution in [3.63, 3.8) is 0 Å². The highest BCUT2D eigenvalue weighted by atomic mass is 32.1. The van der Waals surface area contributed by atoms with Gasteiger partial charge in [-0.3, -0.25) is 14.5 Å². The van der Waals surface area contributed by atoms with Crippen LogP contribution in [-0.4, -0.2) is 23.8 Å². The van der Waals surface area contributed by atoms with Crippen molar-refractivity contribution in [2.45, 2.75) is 6.54 Å². The molecule has 2 heterocycles. The molecular formula is C22H17FN2O3S. The number of rotatable bonds is 6. The van der Waals surface area contributed by atoms with Crippen LogP contribution in [0.3, 0.4) is 0 Å². The second-order valence-electron chi connectivity index (χ2n) is 6.37. The van der Waals surface area contributed by atoms with Gasteiger partial charge in [-0.15, -0.1) is 11.3 Å². The zero-order chi connectivity index (χ0) is 20.4. The Balaban J connectivity index is 1.72. The maximum absolute atomic E-state index is 14.1. The summed E-state index contributed by atoms with van der Waals surface area (Å²) in [6.07, 6.45) is 0. The van der Waals surface area contributed by atoms with Crippen LogP contribution in [-0.2, 0) is 16.1 Å². The summed E-state index contributed by atoms with van der Waals surface area (Å²) in [6.45, 7) is -0.136. The molecule has 146 valence electrons. The second kappa shape index (κ2) is 7.89. The molecular weight excluding hydrogens is 391 g/mol. The van der Waals surface area contributed by atoms with Crippen LogP contribution in [0.25, 0.3) is 5.57 Å². The van der Waals surface area contributed by atoms with Crippen LogP contribution in [0.2, 0.25) is 0 Å². The normalized spacial score (nSPS) is 13.9. The Morgan fingerprint density at radius 1 is 1.03 bits per heavy atom. The number of nitrogens with zero attached hydrogens (tertiary/aromatic N) is 1. The minimum atomic E-state index is -0.496. The van der Waals surface area contributed by atoms with Crippen molar-refractivity contribution in [2.24, 2.45) is 0 Å². The molecule has 5 nitrogen and oxygen atoms in total. The molecule has 0 unspecified atom stereocenters. The lowest BCUT2D eigenvalue weighted by atomic mass is 10.1. The number of nitrogens with one attached hydrogen (secondary N) is 1. The van der Waals surface area contributed by atoms with Gasteiger partial charge in [-0.2, -0.15) is 0 Å². The zero-order valence-corrected chi connectivity index (χ0v) is 16.3. The van der Waals surface area contributed by atoms with Crippen molar-refractivity contribution in [3.8, 4) is 5.75 Å². The average Bonchev–Trinajstić information content (AvgIpc) is 3.33. The third-order valence-corrected chi connectivity index (χ3v) is 5.45. The molecule has 29 heavy (non-hydrogen) atoms. The van der Waals surface area contributed by atoms with Crippen LogP contribution in [0.15, 0.2) is 71.7 Å². The SMILES string of the molecule is COc1cccc(NC2=C(c3cccs3)C(=O)N(Cc3ccccc3F)C2=O)c1. The monoisotopic (exact) mass is 408 g/mol. The van der Waals surface area contributed by atoms with Crippen LogP contribution < -0.4 is 10.1 Å². The molecule has 4 rings (SSSR count). The summed E-state index contributed by atoms with van der Waals surface area (Å²) >= 11 is 1.36. The number of ether oxygens (including phenoxy) is 1. The van der Waals surface area contributed by atoms with Crippen LogP contribution in [0.4, 0.5) is 10.1 Å². The van der Waals surface area contributed by atoms with Gasteiger partial charge in [0.2, 0.25) is 0 Å². The van der Waals surface area contributed by atoms with E-state index in [-0.39, 0.29) is 23.4 Å². The van der Waals surface area contributed by atoms with E-state index in [0.29, 0.717) is 16.3 Å². The predicted molar refractivity (Wildman–Crippen MR) is 110 cm³/mol. The third-order valence-electron chi connectivity index (χ3n) is 4.56. The van der Waals surface area contributed by atoms with E-state index >= 15 is 0 Å². The van der Waals surface area contributed by atoms with Crippen molar-refractivity contribution in [2.75, 3.05) is 12.4 Å². The lowest BCUT2D eigenvalue weighted by Gasteiger charge is -2.16. The number of methoxy groups -OCH3 is 1. The minimum absolute atomic E-state index is 0.136. The van der Waals surface area contributed by atoms with Crippen LogP contribution >= 0.6 is 11.3 Å². The molecule has 0 atom stereocenters. The van der Waals surface area contributed by atoms with Gasteiger partial charge in [0.15, 0.2) is 0 Å². The van der Waals surface area contributed by atoms with Gasteiger partial charge in [-0.1, -0.05) is 30.3 Å².